The normalized spacial score (nSPS) is 18.4. The van der Waals surface area contributed by atoms with Gasteiger partial charge in [-0.3, -0.25) is 4.79 Å². The Morgan fingerprint density at radius 3 is 2.58 bits per heavy atom. The van der Waals surface area contributed by atoms with Gasteiger partial charge in [-0.05, 0) is 36.5 Å². The minimum atomic E-state index is -0.478. The summed E-state index contributed by atoms with van der Waals surface area (Å²) in [7, 11) is 0. The highest BCUT2D eigenvalue weighted by Crippen LogP contribution is 2.34. The summed E-state index contributed by atoms with van der Waals surface area (Å²) in [6.07, 6.45) is 3.18. The number of carbonyl (C=O) groups is 1. The first kappa shape index (κ1) is 13.8. The van der Waals surface area contributed by atoms with Crippen LogP contribution in [0, 0.1) is 11.2 Å². The molecule has 1 aliphatic heterocycles. The van der Waals surface area contributed by atoms with E-state index in [-0.39, 0.29) is 11.6 Å². The SMILES string of the molecule is CCC1(C)CCN(C(=O)c2ccc(F)c(N)c2)CC1. The van der Waals surface area contributed by atoms with Crippen molar-refractivity contribution in [3.05, 3.63) is 29.6 Å². The zero-order valence-corrected chi connectivity index (χ0v) is 11.6. The third-order valence-corrected chi connectivity index (χ3v) is 4.35. The number of hydrogen-bond acceptors (Lipinski definition) is 2. The van der Waals surface area contributed by atoms with Crippen molar-refractivity contribution in [2.24, 2.45) is 5.41 Å². The molecule has 2 rings (SSSR count). The molecule has 0 spiro atoms. The second kappa shape index (κ2) is 5.19. The number of anilines is 1. The number of amides is 1. The number of hydrogen-bond donors (Lipinski definition) is 1. The Balaban J connectivity index is 2.07. The molecular weight excluding hydrogens is 243 g/mol. The van der Waals surface area contributed by atoms with Crippen LogP contribution in [0.25, 0.3) is 0 Å². The van der Waals surface area contributed by atoms with Gasteiger partial charge in [0, 0.05) is 18.7 Å². The number of likely N-dealkylation sites (tertiary alicyclic amines) is 1. The van der Waals surface area contributed by atoms with E-state index in [9.17, 15) is 9.18 Å². The molecule has 0 atom stereocenters. The molecule has 1 aliphatic rings. The van der Waals surface area contributed by atoms with Crippen LogP contribution in [-0.4, -0.2) is 23.9 Å². The molecule has 1 saturated heterocycles. The first-order valence-electron chi connectivity index (χ1n) is 6.79. The fourth-order valence-electron chi connectivity index (χ4n) is 2.46. The van der Waals surface area contributed by atoms with Crippen molar-refractivity contribution in [1.82, 2.24) is 4.90 Å². The van der Waals surface area contributed by atoms with E-state index < -0.39 is 5.82 Å². The molecule has 1 amide bonds. The van der Waals surface area contributed by atoms with E-state index in [1.54, 1.807) is 0 Å². The Morgan fingerprint density at radius 2 is 2.05 bits per heavy atom. The Kier molecular flexibility index (Phi) is 3.78. The van der Waals surface area contributed by atoms with Crippen LogP contribution < -0.4 is 5.73 Å². The van der Waals surface area contributed by atoms with Crippen LogP contribution >= 0.6 is 0 Å². The van der Waals surface area contributed by atoms with Crippen LogP contribution in [0.5, 0.6) is 0 Å². The zero-order valence-electron chi connectivity index (χ0n) is 11.6. The maximum absolute atomic E-state index is 13.1. The lowest BCUT2D eigenvalue weighted by Crippen LogP contribution is -2.41. The summed E-state index contributed by atoms with van der Waals surface area (Å²) in [6.45, 7) is 5.99. The number of halogens is 1. The van der Waals surface area contributed by atoms with Gasteiger partial charge in [0.2, 0.25) is 0 Å². The molecule has 3 nitrogen and oxygen atoms in total. The first-order valence-corrected chi connectivity index (χ1v) is 6.79. The van der Waals surface area contributed by atoms with Crippen molar-refractivity contribution in [2.75, 3.05) is 18.8 Å². The minimum Gasteiger partial charge on any atom is -0.396 e. The summed E-state index contributed by atoms with van der Waals surface area (Å²) in [5.74, 6) is -0.529. The Labute approximate surface area is 113 Å². The first-order chi connectivity index (χ1) is 8.95. The Hall–Kier alpha value is -1.58. The summed E-state index contributed by atoms with van der Waals surface area (Å²) in [5.41, 5.74) is 6.35. The predicted molar refractivity (Wildman–Crippen MR) is 74.3 cm³/mol. The number of nitrogens with zero attached hydrogens (tertiary/aromatic N) is 1. The van der Waals surface area contributed by atoms with E-state index >= 15 is 0 Å². The van der Waals surface area contributed by atoms with Gasteiger partial charge in [-0.2, -0.15) is 0 Å². The molecule has 0 aliphatic carbocycles. The van der Waals surface area contributed by atoms with Crippen LogP contribution in [0.4, 0.5) is 10.1 Å². The number of nitrogens with two attached hydrogens (primary N) is 1. The molecular formula is C15H21FN2O. The van der Waals surface area contributed by atoms with Crippen molar-refractivity contribution in [2.45, 2.75) is 33.1 Å². The molecule has 19 heavy (non-hydrogen) atoms. The summed E-state index contributed by atoms with van der Waals surface area (Å²) < 4.78 is 13.1. The van der Waals surface area contributed by atoms with E-state index in [1.165, 1.54) is 18.2 Å². The summed E-state index contributed by atoms with van der Waals surface area (Å²) in [4.78, 5) is 14.1. The summed E-state index contributed by atoms with van der Waals surface area (Å²) in [6, 6.07) is 4.18. The fourth-order valence-corrected chi connectivity index (χ4v) is 2.46. The number of carbonyl (C=O) groups excluding carboxylic acids is 1. The molecule has 104 valence electrons. The lowest BCUT2D eigenvalue weighted by atomic mass is 9.78. The van der Waals surface area contributed by atoms with Crippen LogP contribution in [0.2, 0.25) is 0 Å². The average molecular weight is 264 g/mol. The van der Waals surface area contributed by atoms with Crippen LogP contribution in [-0.2, 0) is 0 Å². The van der Waals surface area contributed by atoms with Gasteiger partial charge < -0.3 is 10.6 Å². The molecule has 0 aromatic heterocycles. The smallest absolute Gasteiger partial charge is 0.253 e. The second-order valence-corrected chi connectivity index (χ2v) is 5.69. The standard InChI is InChI=1S/C15H21FN2O/c1-3-15(2)6-8-18(9-7-15)14(19)11-4-5-12(16)13(17)10-11/h4-5,10H,3,6-9,17H2,1-2H3. The second-order valence-electron chi connectivity index (χ2n) is 5.69. The van der Waals surface area contributed by atoms with Gasteiger partial charge in [0.15, 0.2) is 0 Å². The van der Waals surface area contributed by atoms with E-state index in [0.29, 0.717) is 11.0 Å². The summed E-state index contributed by atoms with van der Waals surface area (Å²) >= 11 is 0. The van der Waals surface area contributed by atoms with Crippen molar-refractivity contribution in [3.63, 3.8) is 0 Å². The minimum absolute atomic E-state index is 0.0289. The lowest BCUT2D eigenvalue weighted by Gasteiger charge is -2.39. The zero-order chi connectivity index (χ0) is 14.0. The van der Waals surface area contributed by atoms with Crippen molar-refractivity contribution in [1.29, 1.82) is 0 Å². The van der Waals surface area contributed by atoms with Gasteiger partial charge in [0.25, 0.3) is 5.91 Å². The third-order valence-electron chi connectivity index (χ3n) is 4.35. The van der Waals surface area contributed by atoms with Crippen molar-refractivity contribution >= 4 is 11.6 Å². The fraction of sp³-hybridized carbons (Fsp3) is 0.533. The quantitative estimate of drug-likeness (QED) is 0.834. The van der Waals surface area contributed by atoms with Gasteiger partial charge in [-0.25, -0.2) is 4.39 Å². The average Bonchev–Trinajstić information content (AvgIpc) is 2.42. The summed E-state index contributed by atoms with van der Waals surface area (Å²) in [5, 5.41) is 0. The largest absolute Gasteiger partial charge is 0.396 e. The van der Waals surface area contributed by atoms with Crippen molar-refractivity contribution < 1.29 is 9.18 Å². The van der Waals surface area contributed by atoms with E-state index in [0.717, 1.165) is 32.4 Å². The molecule has 0 saturated carbocycles. The van der Waals surface area contributed by atoms with Crippen molar-refractivity contribution in [3.8, 4) is 0 Å². The van der Waals surface area contributed by atoms with E-state index in [4.69, 9.17) is 5.73 Å². The van der Waals surface area contributed by atoms with Crippen LogP contribution in [0.15, 0.2) is 18.2 Å². The van der Waals surface area contributed by atoms with E-state index in [2.05, 4.69) is 13.8 Å². The highest BCUT2D eigenvalue weighted by molar-refractivity contribution is 5.95. The molecule has 1 aromatic rings. The van der Waals surface area contributed by atoms with Gasteiger partial charge in [0.1, 0.15) is 5.82 Å². The predicted octanol–water partition coefficient (Wildman–Crippen LogP) is 3.06. The van der Waals surface area contributed by atoms with Gasteiger partial charge in [-0.15, -0.1) is 0 Å². The maximum Gasteiger partial charge on any atom is 0.253 e. The third kappa shape index (κ3) is 2.88. The number of nitrogen functional groups attached to an aromatic ring is 1. The van der Waals surface area contributed by atoms with Gasteiger partial charge in [-0.1, -0.05) is 20.3 Å². The molecule has 2 N–H and O–H groups in total. The number of piperidine rings is 1. The topological polar surface area (TPSA) is 46.3 Å². The number of benzene rings is 1. The molecule has 0 radical (unpaired) electrons. The van der Waals surface area contributed by atoms with Gasteiger partial charge >= 0.3 is 0 Å². The highest BCUT2D eigenvalue weighted by atomic mass is 19.1. The molecule has 1 fully saturated rings. The molecule has 4 heteroatoms. The number of rotatable bonds is 2. The van der Waals surface area contributed by atoms with Crippen LogP contribution in [0.3, 0.4) is 0 Å². The van der Waals surface area contributed by atoms with Crippen LogP contribution in [0.1, 0.15) is 43.5 Å². The molecule has 0 unspecified atom stereocenters. The Morgan fingerprint density at radius 1 is 1.42 bits per heavy atom. The van der Waals surface area contributed by atoms with Gasteiger partial charge in [0.05, 0.1) is 5.69 Å². The monoisotopic (exact) mass is 264 g/mol. The lowest BCUT2D eigenvalue weighted by molar-refractivity contribution is 0.0600. The molecule has 0 bridgehead atoms. The Bertz CT molecular complexity index is 479. The molecule has 1 aromatic carbocycles. The van der Waals surface area contributed by atoms with E-state index in [1.807, 2.05) is 4.90 Å². The highest BCUT2D eigenvalue weighted by Gasteiger charge is 2.30. The molecule has 1 heterocycles. The maximum atomic E-state index is 13.1.